The van der Waals surface area contributed by atoms with Gasteiger partial charge in [-0.1, -0.05) is 6.07 Å². The van der Waals surface area contributed by atoms with E-state index >= 15 is 0 Å². The van der Waals surface area contributed by atoms with E-state index in [0.29, 0.717) is 5.92 Å². The third kappa shape index (κ3) is 5.10. The van der Waals surface area contributed by atoms with E-state index in [0.717, 1.165) is 64.1 Å². The Bertz CT molecular complexity index is 657. The van der Waals surface area contributed by atoms with Gasteiger partial charge in [-0.25, -0.2) is 4.79 Å². The molecule has 0 atom stereocenters. The van der Waals surface area contributed by atoms with Crippen LogP contribution in [0.25, 0.3) is 0 Å². The van der Waals surface area contributed by atoms with Gasteiger partial charge >= 0.3 is 6.09 Å². The van der Waals surface area contributed by atoms with Crippen LogP contribution in [0.3, 0.4) is 0 Å². The van der Waals surface area contributed by atoms with Crippen molar-refractivity contribution in [3.8, 4) is 0 Å². The average Bonchev–Trinajstić information content (AvgIpc) is 2.62. The Labute approximate surface area is 169 Å². The zero-order chi connectivity index (χ0) is 20.3. The van der Waals surface area contributed by atoms with E-state index in [2.05, 4.69) is 21.9 Å². The second-order valence-electron chi connectivity index (χ2n) is 9.38. The van der Waals surface area contributed by atoms with Crippen molar-refractivity contribution < 1.29 is 9.90 Å². The summed E-state index contributed by atoms with van der Waals surface area (Å²) in [7, 11) is 0. The van der Waals surface area contributed by atoms with Crippen molar-refractivity contribution in [1.82, 2.24) is 9.80 Å². The number of nitrogens with zero attached hydrogens (tertiary/aromatic N) is 3. The van der Waals surface area contributed by atoms with E-state index in [1.807, 2.05) is 32.9 Å². The largest absolute Gasteiger partial charge is 0.465 e. The van der Waals surface area contributed by atoms with E-state index in [1.165, 1.54) is 5.69 Å². The van der Waals surface area contributed by atoms with Crippen LogP contribution in [-0.2, 0) is 0 Å². The minimum atomic E-state index is -0.784. The highest BCUT2D eigenvalue weighted by Gasteiger charge is 2.36. The van der Waals surface area contributed by atoms with Gasteiger partial charge in [-0.3, -0.25) is 4.90 Å². The third-order valence-corrected chi connectivity index (χ3v) is 6.23. The van der Waals surface area contributed by atoms with Crippen molar-refractivity contribution in [2.24, 2.45) is 5.92 Å². The quantitative estimate of drug-likeness (QED) is 0.769. The van der Waals surface area contributed by atoms with Crippen molar-refractivity contribution in [2.75, 3.05) is 43.4 Å². The second-order valence-corrected chi connectivity index (χ2v) is 9.38. The van der Waals surface area contributed by atoms with Gasteiger partial charge in [0.25, 0.3) is 0 Å². The molecule has 28 heavy (non-hydrogen) atoms. The lowest BCUT2D eigenvalue weighted by Gasteiger charge is -2.44. The van der Waals surface area contributed by atoms with Gasteiger partial charge < -0.3 is 20.6 Å². The number of rotatable bonds is 4. The number of carboxylic acid groups (broad SMARTS) is 1. The van der Waals surface area contributed by atoms with Gasteiger partial charge in [-0.2, -0.15) is 0 Å². The van der Waals surface area contributed by atoms with Crippen LogP contribution in [0.15, 0.2) is 24.3 Å². The van der Waals surface area contributed by atoms with E-state index in [4.69, 9.17) is 5.73 Å². The van der Waals surface area contributed by atoms with E-state index in [9.17, 15) is 9.90 Å². The van der Waals surface area contributed by atoms with E-state index in [1.54, 1.807) is 4.90 Å². The summed E-state index contributed by atoms with van der Waals surface area (Å²) in [6, 6.07) is 8.31. The summed E-state index contributed by atoms with van der Waals surface area (Å²) in [5.41, 5.74) is 7.62. The molecule has 1 saturated carbocycles. The van der Waals surface area contributed by atoms with Crippen LogP contribution >= 0.6 is 0 Å². The molecule has 1 aliphatic heterocycles. The Hall–Kier alpha value is -1.95. The number of hydrogen-bond donors (Lipinski definition) is 2. The van der Waals surface area contributed by atoms with Gasteiger partial charge in [0, 0.05) is 55.7 Å². The summed E-state index contributed by atoms with van der Waals surface area (Å²) >= 11 is 0. The van der Waals surface area contributed by atoms with Crippen LogP contribution in [-0.4, -0.2) is 65.3 Å². The summed E-state index contributed by atoms with van der Waals surface area (Å²) in [6.45, 7) is 11.4. The second kappa shape index (κ2) is 8.60. The standard InChI is InChI=1S/C22H36N4O2/c1-22(2,3)26(21(27)28)19-9-7-17(8-10-19)16-24-11-13-25(14-12-24)20-6-4-5-18(23)15-20/h4-6,15,17,19H,7-14,16,23H2,1-3H3,(H,27,28). The fourth-order valence-corrected chi connectivity index (χ4v) is 4.85. The Morgan fingerprint density at radius 3 is 2.32 bits per heavy atom. The Kier molecular flexibility index (Phi) is 6.38. The molecule has 0 bridgehead atoms. The maximum Gasteiger partial charge on any atom is 0.407 e. The smallest absolute Gasteiger partial charge is 0.407 e. The molecule has 1 saturated heterocycles. The monoisotopic (exact) mass is 388 g/mol. The summed E-state index contributed by atoms with van der Waals surface area (Å²) in [4.78, 5) is 18.4. The molecule has 1 amide bonds. The van der Waals surface area contributed by atoms with Crippen molar-refractivity contribution in [3.63, 3.8) is 0 Å². The first-order chi connectivity index (χ1) is 13.2. The number of carbonyl (C=O) groups is 1. The Morgan fingerprint density at radius 1 is 1.14 bits per heavy atom. The number of piperazine rings is 1. The van der Waals surface area contributed by atoms with Gasteiger partial charge in [0.15, 0.2) is 0 Å². The van der Waals surface area contributed by atoms with E-state index < -0.39 is 6.09 Å². The molecule has 3 rings (SSSR count). The minimum Gasteiger partial charge on any atom is -0.465 e. The number of amides is 1. The van der Waals surface area contributed by atoms with E-state index in [-0.39, 0.29) is 11.6 Å². The topological polar surface area (TPSA) is 73.0 Å². The molecule has 1 heterocycles. The maximum atomic E-state index is 11.7. The third-order valence-electron chi connectivity index (χ3n) is 6.23. The molecule has 0 unspecified atom stereocenters. The number of nitrogens with two attached hydrogens (primary N) is 1. The van der Waals surface area contributed by atoms with Gasteiger partial charge in [0.1, 0.15) is 0 Å². The molecule has 6 nitrogen and oxygen atoms in total. The number of nitrogen functional groups attached to an aromatic ring is 1. The fourth-order valence-electron chi connectivity index (χ4n) is 4.85. The first kappa shape index (κ1) is 20.8. The number of anilines is 2. The van der Waals surface area contributed by atoms with Gasteiger partial charge in [0.05, 0.1) is 0 Å². The molecule has 1 aliphatic carbocycles. The zero-order valence-electron chi connectivity index (χ0n) is 17.6. The van der Waals surface area contributed by atoms with Crippen molar-refractivity contribution in [1.29, 1.82) is 0 Å². The van der Waals surface area contributed by atoms with Crippen molar-refractivity contribution >= 4 is 17.5 Å². The van der Waals surface area contributed by atoms with Crippen LogP contribution in [0.5, 0.6) is 0 Å². The molecule has 1 aromatic carbocycles. The predicted molar refractivity (Wildman–Crippen MR) is 115 cm³/mol. The summed E-state index contributed by atoms with van der Waals surface area (Å²) in [5, 5.41) is 9.63. The molecular weight excluding hydrogens is 352 g/mol. The lowest BCUT2D eigenvalue weighted by Crippen LogP contribution is -2.53. The summed E-state index contributed by atoms with van der Waals surface area (Å²) in [5.74, 6) is 0.686. The molecule has 2 fully saturated rings. The molecule has 1 aromatic rings. The van der Waals surface area contributed by atoms with Crippen LogP contribution in [0.2, 0.25) is 0 Å². The number of hydrogen-bond acceptors (Lipinski definition) is 4. The molecule has 3 N–H and O–H groups in total. The predicted octanol–water partition coefficient (Wildman–Crippen LogP) is 3.73. The summed E-state index contributed by atoms with van der Waals surface area (Å²) < 4.78 is 0. The van der Waals surface area contributed by atoms with Crippen LogP contribution in [0.4, 0.5) is 16.2 Å². The zero-order valence-corrected chi connectivity index (χ0v) is 17.6. The van der Waals surface area contributed by atoms with Gasteiger partial charge in [-0.05, 0) is 70.6 Å². The number of benzene rings is 1. The maximum absolute atomic E-state index is 11.7. The molecule has 2 aliphatic rings. The normalized spacial score (nSPS) is 24.2. The van der Waals surface area contributed by atoms with Crippen molar-refractivity contribution in [2.45, 2.75) is 58.0 Å². The molecule has 6 heteroatoms. The van der Waals surface area contributed by atoms with Crippen LogP contribution in [0.1, 0.15) is 46.5 Å². The average molecular weight is 389 g/mol. The highest BCUT2D eigenvalue weighted by Crippen LogP contribution is 2.32. The lowest BCUT2D eigenvalue weighted by molar-refractivity contribution is 0.0466. The lowest BCUT2D eigenvalue weighted by atomic mass is 9.83. The highest BCUT2D eigenvalue weighted by atomic mass is 16.4. The first-order valence-electron chi connectivity index (χ1n) is 10.6. The molecule has 0 spiro atoms. The molecular formula is C22H36N4O2. The fraction of sp³-hybridized carbons (Fsp3) is 0.682. The first-order valence-corrected chi connectivity index (χ1v) is 10.6. The van der Waals surface area contributed by atoms with Crippen LogP contribution in [0, 0.1) is 5.92 Å². The Balaban J connectivity index is 1.45. The summed E-state index contributed by atoms with van der Waals surface area (Å²) in [6.07, 6.45) is 3.43. The minimum absolute atomic E-state index is 0.161. The molecule has 0 radical (unpaired) electrons. The SMILES string of the molecule is CC(C)(C)N(C(=O)O)C1CCC(CN2CCN(c3cccc(N)c3)CC2)CC1. The molecule has 156 valence electrons. The van der Waals surface area contributed by atoms with Gasteiger partial charge in [0.2, 0.25) is 0 Å². The van der Waals surface area contributed by atoms with Crippen molar-refractivity contribution in [3.05, 3.63) is 24.3 Å². The van der Waals surface area contributed by atoms with Gasteiger partial charge in [-0.15, -0.1) is 0 Å². The Morgan fingerprint density at radius 2 is 1.79 bits per heavy atom. The highest BCUT2D eigenvalue weighted by molar-refractivity contribution is 5.66. The molecule has 0 aromatic heterocycles. The van der Waals surface area contributed by atoms with Crippen LogP contribution < -0.4 is 10.6 Å².